The first-order valence-electron chi connectivity index (χ1n) is 4.25. The number of nitriles is 1. The summed E-state index contributed by atoms with van der Waals surface area (Å²) in [6.45, 7) is 2.52. The van der Waals surface area contributed by atoms with E-state index < -0.39 is 0 Å². The van der Waals surface area contributed by atoms with E-state index in [9.17, 15) is 0 Å². The van der Waals surface area contributed by atoms with Gasteiger partial charge in [0, 0.05) is 19.3 Å². The van der Waals surface area contributed by atoms with Crippen molar-refractivity contribution in [2.24, 2.45) is 0 Å². The minimum Gasteiger partial charge on any atom is -0.383 e. The van der Waals surface area contributed by atoms with Crippen molar-refractivity contribution in [3.8, 4) is 6.07 Å². The number of ether oxygens (including phenoxy) is 1. The summed E-state index contributed by atoms with van der Waals surface area (Å²) >= 11 is 0. The monoisotopic (exact) mass is 192 g/mol. The van der Waals surface area contributed by atoms with E-state index >= 15 is 0 Å². The van der Waals surface area contributed by atoms with Crippen LogP contribution in [0.1, 0.15) is 12.6 Å². The Labute approximate surface area is 82.8 Å². The van der Waals surface area contributed by atoms with Gasteiger partial charge in [-0.05, 0) is 13.0 Å². The lowest BCUT2D eigenvalue weighted by Gasteiger charge is -2.11. The first-order chi connectivity index (χ1) is 6.76. The van der Waals surface area contributed by atoms with Crippen LogP contribution in [0.5, 0.6) is 0 Å². The molecule has 0 aliphatic rings. The number of nitrogens with one attached hydrogen (secondary N) is 1. The maximum Gasteiger partial charge on any atom is 0.224 e. The van der Waals surface area contributed by atoms with Crippen LogP contribution in [0.2, 0.25) is 0 Å². The third kappa shape index (κ3) is 2.99. The molecule has 14 heavy (non-hydrogen) atoms. The van der Waals surface area contributed by atoms with Crippen molar-refractivity contribution < 1.29 is 4.74 Å². The van der Waals surface area contributed by atoms with Crippen molar-refractivity contribution in [1.29, 1.82) is 5.26 Å². The Morgan fingerprint density at radius 3 is 3.14 bits per heavy atom. The van der Waals surface area contributed by atoms with E-state index in [2.05, 4.69) is 15.3 Å². The molecule has 0 bridgehead atoms. The normalized spacial score (nSPS) is 11.8. The zero-order chi connectivity index (χ0) is 10.4. The molecule has 0 fully saturated rings. The van der Waals surface area contributed by atoms with E-state index in [0.29, 0.717) is 18.2 Å². The highest BCUT2D eigenvalue weighted by Crippen LogP contribution is 2.01. The molecule has 5 nitrogen and oxygen atoms in total. The van der Waals surface area contributed by atoms with Gasteiger partial charge in [-0.2, -0.15) is 5.26 Å². The van der Waals surface area contributed by atoms with Crippen molar-refractivity contribution in [3.63, 3.8) is 0 Å². The third-order valence-corrected chi connectivity index (χ3v) is 1.56. The minimum atomic E-state index is 0.119. The second-order valence-electron chi connectivity index (χ2n) is 2.88. The highest BCUT2D eigenvalue weighted by atomic mass is 16.5. The zero-order valence-electron chi connectivity index (χ0n) is 8.19. The Kier molecular flexibility index (Phi) is 3.83. The summed E-state index contributed by atoms with van der Waals surface area (Å²) in [5.74, 6) is 0.452. The Morgan fingerprint density at radius 1 is 1.71 bits per heavy atom. The second-order valence-corrected chi connectivity index (χ2v) is 2.88. The third-order valence-electron chi connectivity index (χ3n) is 1.56. The number of methoxy groups -OCH3 is 1. The van der Waals surface area contributed by atoms with Gasteiger partial charge in [0.25, 0.3) is 0 Å². The van der Waals surface area contributed by atoms with E-state index in [1.54, 1.807) is 19.4 Å². The molecule has 0 amide bonds. The van der Waals surface area contributed by atoms with E-state index in [0.717, 1.165) is 0 Å². The highest BCUT2D eigenvalue weighted by molar-refractivity contribution is 5.30. The number of hydrogen-bond donors (Lipinski definition) is 1. The van der Waals surface area contributed by atoms with Crippen molar-refractivity contribution in [1.82, 2.24) is 9.97 Å². The summed E-state index contributed by atoms with van der Waals surface area (Å²) in [7, 11) is 1.63. The topological polar surface area (TPSA) is 70.8 Å². The molecule has 0 radical (unpaired) electrons. The molecule has 1 atom stereocenters. The smallest absolute Gasteiger partial charge is 0.224 e. The fourth-order valence-electron chi connectivity index (χ4n) is 1.00. The SMILES string of the molecule is COCC(C)Nc1nccc(C#N)n1. The minimum absolute atomic E-state index is 0.119. The fourth-order valence-corrected chi connectivity index (χ4v) is 1.00. The van der Waals surface area contributed by atoms with Crippen LogP contribution >= 0.6 is 0 Å². The molecular weight excluding hydrogens is 180 g/mol. The molecular formula is C9H12N4O. The first kappa shape index (κ1) is 10.4. The molecule has 0 aliphatic carbocycles. The first-order valence-corrected chi connectivity index (χ1v) is 4.25. The molecule has 0 aromatic carbocycles. The number of hydrogen-bond acceptors (Lipinski definition) is 5. The van der Waals surface area contributed by atoms with E-state index in [1.807, 2.05) is 13.0 Å². The molecule has 74 valence electrons. The van der Waals surface area contributed by atoms with Crippen molar-refractivity contribution >= 4 is 5.95 Å². The molecule has 0 saturated heterocycles. The summed E-state index contributed by atoms with van der Waals surface area (Å²) in [5.41, 5.74) is 0.354. The number of anilines is 1. The Balaban J connectivity index is 2.63. The van der Waals surface area contributed by atoms with Crippen LogP contribution in [-0.4, -0.2) is 29.7 Å². The molecule has 1 rings (SSSR count). The largest absolute Gasteiger partial charge is 0.383 e. The maximum absolute atomic E-state index is 8.61. The average molecular weight is 192 g/mol. The molecule has 1 aromatic heterocycles. The maximum atomic E-state index is 8.61. The molecule has 0 saturated carbocycles. The average Bonchev–Trinajstić information content (AvgIpc) is 2.18. The zero-order valence-corrected chi connectivity index (χ0v) is 8.19. The summed E-state index contributed by atoms with van der Waals surface area (Å²) in [5, 5.41) is 11.6. The lowest BCUT2D eigenvalue weighted by Crippen LogP contribution is -2.22. The van der Waals surface area contributed by atoms with Gasteiger partial charge in [0.15, 0.2) is 0 Å². The van der Waals surface area contributed by atoms with Crippen molar-refractivity contribution in [2.45, 2.75) is 13.0 Å². The van der Waals surface area contributed by atoms with Crippen LogP contribution < -0.4 is 5.32 Å². The molecule has 1 aromatic rings. The lowest BCUT2D eigenvalue weighted by molar-refractivity contribution is 0.190. The summed E-state index contributed by atoms with van der Waals surface area (Å²) in [4.78, 5) is 7.96. The van der Waals surface area contributed by atoms with Crippen LogP contribution in [0.3, 0.4) is 0 Å². The van der Waals surface area contributed by atoms with Crippen molar-refractivity contribution in [3.05, 3.63) is 18.0 Å². The van der Waals surface area contributed by atoms with Crippen LogP contribution in [0, 0.1) is 11.3 Å². The van der Waals surface area contributed by atoms with Gasteiger partial charge in [0.2, 0.25) is 5.95 Å². The molecule has 1 unspecified atom stereocenters. The Morgan fingerprint density at radius 2 is 2.50 bits per heavy atom. The predicted molar refractivity (Wildman–Crippen MR) is 51.7 cm³/mol. The second kappa shape index (κ2) is 5.14. The predicted octanol–water partition coefficient (Wildman–Crippen LogP) is 0.795. The highest BCUT2D eigenvalue weighted by Gasteiger charge is 2.03. The number of rotatable bonds is 4. The van der Waals surface area contributed by atoms with Crippen LogP contribution in [0.4, 0.5) is 5.95 Å². The number of aromatic nitrogens is 2. The summed E-state index contributed by atoms with van der Waals surface area (Å²) < 4.78 is 4.95. The molecule has 1 heterocycles. The molecule has 0 aliphatic heterocycles. The van der Waals surface area contributed by atoms with Gasteiger partial charge in [-0.3, -0.25) is 0 Å². The summed E-state index contributed by atoms with van der Waals surface area (Å²) in [6, 6.07) is 3.63. The van der Waals surface area contributed by atoms with Crippen LogP contribution in [-0.2, 0) is 4.74 Å². The quantitative estimate of drug-likeness (QED) is 0.763. The van der Waals surface area contributed by atoms with Crippen LogP contribution in [0.25, 0.3) is 0 Å². The Hall–Kier alpha value is -1.67. The summed E-state index contributed by atoms with van der Waals surface area (Å²) in [6.07, 6.45) is 1.55. The molecule has 1 N–H and O–H groups in total. The van der Waals surface area contributed by atoms with Gasteiger partial charge in [0.1, 0.15) is 11.8 Å². The van der Waals surface area contributed by atoms with E-state index in [-0.39, 0.29) is 6.04 Å². The molecule has 5 heteroatoms. The standard InChI is InChI=1S/C9H12N4O/c1-7(6-14-2)12-9-11-4-3-8(5-10)13-9/h3-4,7H,6H2,1-2H3,(H,11,12,13). The Bertz CT molecular complexity index is 334. The van der Waals surface area contributed by atoms with Gasteiger partial charge in [0.05, 0.1) is 6.61 Å². The van der Waals surface area contributed by atoms with Crippen LogP contribution in [0.15, 0.2) is 12.3 Å². The number of nitrogens with zero attached hydrogens (tertiary/aromatic N) is 3. The van der Waals surface area contributed by atoms with Gasteiger partial charge < -0.3 is 10.1 Å². The fraction of sp³-hybridized carbons (Fsp3) is 0.444. The van der Waals surface area contributed by atoms with Gasteiger partial charge in [-0.1, -0.05) is 0 Å². The van der Waals surface area contributed by atoms with Gasteiger partial charge in [-0.15, -0.1) is 0 Å². The van der Waals surface area contributed by atoms with Gasteiger partial charge >= 0.3 is 0 Å². The van der Waals surface area contributed by atoms with E-state index in [1.165, 1.54) is 0 Å². The molecule has 0 spiro atoms. The van der Waals surface area contributed by atoms with E-state index in [4.69, 9.17) is 10.00 Å². The van der Waals surface area contributed by atoms with Crippen molar-refractivity contribution in [2.75, 3.05) is 19.0 Å². The lowest BCUT2D eigenvalue weighted by atomic mass is 10.4. The van der Waals surface area contributed by atoms with Gasteiger partial charge in [-0.25, -0.2) is 9.97 Å².